The average Bonchev–Trinajstić information content (AvgIpc) is 2.95. The number of carbonyl (C=O) groups is 2. The molecule has 0 radical (unpaired) electrons. The smallest absolute Gasteiger partial charge is 0.259 e. The highest BCUT2D eigenvalue weighted by Gasteiger charge is 2.32. The zero-order chi connectivity index (χ0) is 19.8. The van der Waals surface area contributed by atoms with Gasteiger partial charge in [0, 0.05) is 31.6 Å². The van der Waals surface area contributed by atoms with Crippen LogP contribution in [-0.4, -0.2) is 57.6 Å². The van der Waals surface area contributed by atoms with Crippen LogP contribution in [0.1, 0.15) is 36.8 Å². The van der Waals surface area contributed by atoms with Crippen LogP contribution in [0.15, 0.2) is 30.3 Å². The highest BCUT2D eigenvalue weighted by atomic mass is 35.5. The third-order valence-electron chi connectivity index (χ3n) is 4.71. The predicted molar refractivity (Wildman–Crippen MR) is 105 cm³/mol. The lowest BCUT2D eigenvalue weighted by Crippen LogP contribution is -2.53. The van der Waals surface area contributed by atoms with Crippen molar-refractivity contribution in [2.75, 3.05) is 26.2 Å². The summed E-state index contributed by atoms with van der Waals surface area (Å²) in [5.74, 6) is -0.0248. The molecule has 0 N–H and O–H groups in total. The van der Waals surface area contributed by atoms with Crippen molar-refractivity contribution in [3.8, 4) is 5.69 Å². The van der Waals surface area contributed by atoms with Gasteiger partial charge >= 0.3 is 0 Å². The van der Waals surface area contributed by atoms with Gasteiger partial charge in [-0.1, -0.05) is 50.6 Å². The number of hydrogen-bond acceptors (Lipinski definition) is 3. The van der Waals surface area contributed by atoms with E-state index in [2.05, 4.69) is 5.10 Å². The van der Waals surface area contributed by atoms with E-state index >= 15 is 0 Å². The van der Waals surface area contributed by atoms with E-state index in [1.807, 2.05) is 56.0 Å². The number of aromatic nitrogens is 2. The van der Waals surface area contributed by atoms with Gasteiger partial charge in [-0.3, -0.25) is 9.59 Å². The molecule has 27 heavy (non-hydrogen) atoms. The van der Waals surface area contributed by atoms with Gasteiger partial charge in [0.15, 0.2) is 0 Å². The standard InChI is InChI=1S/C20H25ClN4O2/c1-14-16(17(21)25(22-14)15-8-6-5-7-9-15)18(26)23-10-12-24(13-11-23)19(27)20(2,3)4/h5-9H,10-13H2,1-4H3. The van der Waals surface area contributed by atoms with Crippen LogP contribution < -0.4 is 0 Å². The first-order chi connectivity index (χ1) is 12.7. The number of carbonyl (C=O) groups excluding carboxylic acids is 2. The number of rotatable bonds is 2. The quantitative estimate of drug-likeness (QED) is 0.794. The molecule has 2 amide bonds. The zero-order valence-electron chi connectivity index (χ0n) is 16.2. The fourth-order valence-electron chi connectivity index (χ4n) is 3.23. The van der Waals surface area contributed by atoms with Crippen molar-refractivity contribution >= 4 is 23.4 Å². The van der Waals surface area contributed by atoms with Gasteiger partial charge in [0.2, 0.25) is 5.91 Å². The van der Waals surface area contributed by atoms with Gasteiger partial charge in [0.05, 0.1) is 16.9 Å². The van der Waals surface area contributed by atoms with Crippen LogP contribution in [0.2, 0.25) is 5.15 Å². The van der Waals surface area contributed by atoms with Gasteiger partial charge in [-0.15, -0.1) is 0 Å². The maximum atomic E-state index is 13.0. The molecule has 1 fully saturated rings. The highest BCUT2D eigenvalue weighted by molar-refractivity contribution is 6.33. The second kappa shape index (κ2) is 7.35. The van der Waals surface area contributed by atoms with E-state index in [0.29, 0.717) is 42.6 Å². The summed E-state index contributed by atoms with van der Waals surface area (Å²) in [7, 11) is 0. The van der Waals surface area contributed by atoms with E-state index in [1.54, 1.807) is 16.5 Å². The molecule has 1 aromatic heterocycles. The molecular formula is C20H25ClN4O2. The van der Waals surface area contributed by atoms with Crippen LogP contribution in [0.25, 0.3) is 5.69 Å². The number of halogens is 1. The van der Waals surface area contributed by atoms with Crippen molar-refractivity contribution in [1.29, 1.82) is 0 Å². The molecule has 3 rings (SSSR count). The summed E-state index contributed by atoms with van der Waals surface area (Å²) in [6.45, 7) is 9.57. The van der Waals surface area contributed by atoms with Gasteiger partial charge in [0.25, 0.3) is 5.91 Å². The Morgan fingerprint density at radius 3 is 2.11 bits per heavy atom. The van der Waals surface area contributed by atoms with Crippen molar-refractivity contribution in [3.63, 3.8) is 0 Å². The molecule has 1 saturated heterocycles. The summed E-state index contributed by atoms with van der Waals surface area (Å²) in [4.78, 5) is 29.0. The highest BCUT2D eigenvalue weighted by Crippen LogP contribution is 2.26. The minimum atomic E-state index is -0.414. The Labute approximate surface area is 164 Å². The summed E-state index contributed by atoms with van der Waals surface area (Å²) in [5.41, 5.74) is 1.42. The van der Waals surface area contributed by atoms with E-state index in [-0.39, 0.29) is 11.8 Å². The molecule has 1 aromatic carbocycles. The lowest BCUT2D eigenvalue weighted by Gasteiger charge is -2.37. The molecule has 0 bridgehead atoms. The van der Waals surface area contributed by atoms with Crippen LogP contribution >= 0.6 is 11.6 Å². The number of para-hydroxylation sites is 1. The normalized spacial score (nSPS) is 15.1. The summed E-state index contributed by atoms with van der Waals surface area (Å²) in [6.07, 6.45) is 0. The number of aryl methyl sites for hydroxylation is 1. The molecule has 0 saturated carbocycles. The number of hydrogen-bond donors (Lipinski definition) is 0. The molecule has 7 heteroatoms. The molecule has 0 atom stereocenters. The molecule has 0 aliphatic carbocycles. The van der Waals surface area contributed by atoms with E-state index in [4.69, 9.17) is 11.6 Å². The van der Waals surface area contributed by atoms with Gasteiger partial charge in [0.1, 0.15) is 5.15 Å². The number of nitrogens with zero attached hydrogens (tertiary/aromatic N) is 4. The third kappa shape index (κ3) is 3.86. The second-order valence-corrected chi connectivity index (χ2v) is 8.19. The summed E-state index contributed by atoms with van der Waals surface area (Å²) in [5, 5.41) is 4.76. The number of amides is 2. The predicted octanol–water partition coefficient (Wildman–Crippen LogP) is 3.16. The van der Waals surface area contributed by atoms with E-state index < -0.39 is 5.41 Å². The Hall–Kier alpha value is -2.34. The van der Waals surface area contributed by atoms with Crippen LogP contribution in [0, 0.1) is 12.3 Å². The van der Waals surface area contributed by atoms with Crippen LogP contribution in [0.5, 0.6) is 0 Å². The maximum Gasteiger partial charge on any atom is 0.259 e. The fourth-order valence-corrected chi connectivity index (χ4v) is 3.58. The fraction of sp³-hybridized carbons (Fsp3) is 0.450. The van der Waals surface area contributed by atoms with Crippen molar-refractivity contribution < 1.29 is 9.59 Å². The Morgan fingerprint density at radius 1 is 1.00 bits per heavy atom. The number of benzene rings is 1. The first-order valence-corrected chi connectivity index (χ1v) is 9.47. The van der Waals surface area contributed by atoms with Crippen molar-refractivity contribution in [3.05, 3.63) is 46.7 Å². The van der Waals surface area contributed by atoms with E-state index in [1.165, 1.54) is 0 Å². The summed E-state index contributed by atoms with van der Waals surface area (Å²) < 4.78 is 1.59. The molecule has 6 nitrogen and oxygen atoms in total. The van der Waals surface area contributed by atoms with Gasteiger partial charge in [-0.05, 0) is 19.1 Å². The molecular weight excluding hydrogens is 364 g/mol. The molecule has 1 aliphatic heterocycles. The topological polar surface area (TPSA) is 58.4 Å². The molecule has 2 aromatic rings. The van der Waals surface area contributed by atoms with Gasteiger partial charge in [-0.2, -0.15) is 5.10 Å². The Kier molecular flexibility index (Phi) is 5.29. The minimum Gasteiger partial charge on any atom is -0.339 e. The summed E-state index contributed by atoms with van der Waals surface area (Å²) in [6, 6.07) is 9.50. The third-order valence-corrected chi connectivity index (χ3v) is 5.06. The molecule has 144 valence electrons. The largest absolute Gasteiger partial charge is 0.339 e. The SMILES string of the molecule is Cc1nn(-c2ccccc2)c(Cl)c1C(=O)N1CCN(C(=O)C(C)(C)C)CC1. The van der Waals surface area contributed by atoms with Gasteiger partial charge < -0.3 is 9.80 Å². The monoisotopic (exact) mass is 388 g/mol. The average molecular weight is 389 g/mol. The molecule has 1 aliphatic rings. The Balaban J connectivity index is 1.76. The Morgan fingerprint density at radius 2 is 1.56 bits per heavy atom. The maximum absolute atomic E-state index is 13.0. The van der Waals surface area contributed by atoms with Crippen LogP contribution in [-0.2, 0) is 4.79 Å². The first-order valence-electron chi connectivity index (χ1n) is 9.09. The first kappa shape index (κ1) is 19.4. The molecule has 0 spiro atoms. The van der Waals surface area contributed by atoms with Crippen molar-refractivity contribution in [2.45, 2.75) is 27.7 Å². The second-order valence-electron chi connectivity index (χ2n) is 7.83. The Bertz CT molecular complexity index is 847. The lowest BCUT2D eigenvalue weighted by molar-refractivity contribution is -0.140. The molecule has 2 heterocycles. The minimum absolute atomic E-state index is 0.112. The van der Waals surface area contributed by atoms with Crippen molar-refractivity contribution in [1.82, 2.24) is 19.6 Å². The number of piperazine rings is 1. The van der Waals surface area contributed by atoms with Crippen LogP contribution in [0.3, 0.4) is 0 Å². The zero-order valence-corrected chi connectivity index (χ0v) is 17.0. The van der Waals surface area contributed by atoms with Crippen molar-refractivity contribution in [2.24, 2.45) is 5.41 Å². The summed E-state index contributed by atoms with van der Waals surface area (Å²) >= 11 is 6.51. The lowest BCUT2D eigenvalue weighted by atomic mass is 9.94. The van der Waals surface area contributed by atoms with E-state index in [9.17, 15) is 9.59 Å². The molecule has 0 unspecified atom stereocenters. The van der Waals surface area contributed by atoms with E-state index in [0.717, 1.165) is 5.69 Å². The van der Waals surface area contributed by atoms with Gasteiger partial charge in [-0.25, -0.2) is 4.68 Å². The van der Waals surface area contributed by atoms with Crippen LogP contribution in [0.4, 0.5) is 0 Å².